The molecule has 5 nitrogen and oxygen atoms in total. The number of carbonyl (C=O) groups is 1. The zero-order chi connectivity index (χ0) is 23.5. The zero-order valence-corrected chi connectivity index (χ0v) is 19.9. The summed E-state index contributed by atoms with van der Waals surface area (Å²) in [6, 6.07) is 22.4. The van der Waals surface area contributed by atoms with E-state index in [4.69, 9.17) is 0 Å². The maximum Gasteiger partial charge on any atom is 0.271 e. The molecule has 4 aromatic rings. The molecule has 0 aliphatic rings. The number of aryl methyl sites for hydroxylation is 4. The van der Waals surface area contributed by atoms with Crippen molar-refractivity contribution >= 4 is 12.1 Å². The van der Waals surface area contributed by atoms with Crippen LogP contribution >= 0.6 is 0 Å². The van der Waals surface area contributed by atoms with Crippen LogP contribution in [0.4, 0.5) is 0 Å². The second-order valence-electron chi connectivity index (χ2n) is 8.38. The van der Waals surface area contributed by atoms with Gasteiger partial charge >= 0.3 is 0 Å². The van der Waals surface area contributed by atoms with Gasteiger partial charge in [0, 0.05) is 45.3 Å². The molecule has 0 fully saturated rings. The van der Waals surface area contributed by atoms with Crippen molar-refractivity contribution in [3.63, 3.8) is 0 Å². The predicted octanol–water partition coefficient (Wildman–Crippen LogP) is 5.83. The van der Waals surface area contributed by atoms with E-state index < -0.39 is 0 Å². The van der Waals surface area contributed by atoms with Gasteiger partial charge in [0.05, 0.1) is 6.21 Å². The summed E-state index contributed by atoms with van der Waals surface area (Å²) in [6.07, 6.45) is 2.73. The highest BCUT2D eigenvalue weighted by Gasteiger charge is 2.11. The van der Waals surface area contributed by atoms with E-state index in [1.165, 1.54) is 5.56 Å². The second kappa shape index (κ2) is 9.33. The van der Waals surface area contributed by atoms with Gasteiger partial charge in [0.1, 0.15) is 0 Å². The fourth-order valence-corrected chi connectivity index (χ4v) is 4.28. The molecule has 0 atom stereocenters. The quantitative estimate of drug-likeness (QED) is 0.299. The van der Waals surface area contributed by atoms with Crippen molar-refractivity contribution in [3.05, 3.63) is 106 Å². The average molecular weight is 439 g/mol. The Morgan fingerprint density at radius 2 is 1.55 bits per heavy atom. The van der Waals surface area contributed by atoms with Gasteiger partial charge in [-0.05, 0) is 88.2 Å². The first-order valence-corrected chi connectivity index (χ1v) is 11.3. The van der Waals surface area contributed by atoms with Gasteiger partial charge in [-0.1, -0.05) is 25.1 Å². The Morgan fingerprint density at radius 1 is 0.848 bits per heavy atom. The highest BCUT2D eigenvalue weighted by Crippen LogP contribution is 2.21. The number of hydrazone groups is 1. The maximum absolute atomic E-state index is 12.7. The maximum atomic E-state index is 12.7. The number of hydrogen-bond donors (Lipinski definition) is 1. The Morgan fingerprint density at radius 3 is 2.21 bits per heavy atom. The molecule has 1 amide bonds. The van der Waals surface area contributed by atoms with Gasteiger partial charge in [0.25, 0.3) is 5.91 Å². The Hall–Kier alpha value is -3.86. The molecule has 0 unspecified atom stereocenters. The third-order valence-corrected chi connectivity index (χ3v) is 6.08. The molecule has 2 aromatic heterocycles. The zero-order valence-electron chi connectivity index (χ0n) is 19.9. The first kappa shape index (κ1) is 22.3. The summed E-state index contributed by atoms with van der Waals surface area (Å²) >= 11 is 0. The first-order valence-electron chi connectivity index (χ1n) is 11.3. The van der Waals surface area contributed by atoms with Gasteiger partial charge in [0.15, 0.2) is 0 Å². The number of hydrogen-bond acceptors (Lipinski definition) is 2. The molecule has 2 heterocycles. The Balaban J connectivity index is 1.51. The predicted molar refractivity (Wildman–Crippen MR) is 135 cm³/mol. The molecular formula is C28H30N4O. The lowest BCUT2D eigenvalue weighted by molar-refractivity contribution is 0.0955. The van der Waals surface area contributed by atoms with Crippen molar-refractivity contribution in [2.24, 2.45) is 5.10 Å². The van der Waals surface area contributed by atoms with E-state index in [2.05, 4.69) is 96.7 Å². The summed E-state index contributed by atoms with van der Waals surface area (Å²) in [5.41, 5.74) is 12.1. The van der Waals surface area contributed by atoms with E-state index in [0.29, 0.717) is 5.56 Å². The average Bonchev–Trinajstić information content (AvgIpc) is 3.30. The van der Waals surface area contributed by atoms with Crippen LogP contribution in [0.1, 0.15) is 51.2 Å². The summed E-state index contributed by atoms with van der Waals surface area (Å²) in [7, 11) is 0. The normalized spacial score (nSPS) is 11.3. The molecule has 0 spiro atoms. The summed E-state index contributed by atoms with van der Waals surface area (Å²) < 4.78 is 4.33. The Labute approximate surface area is 195 Å². The molecule has 5 heteroatoms. The third kappa shape index (κ3) is 4.53. The summed E-state index contributed by atoms with van der Waals surface area (Å²) in [5.74, 6) is -0.237. The van der Waals surface area contributed by atoms with Crippen molar-refractivity contribution in [1.29, 1.82) is 0 Å². The van der Waals surface area contributed by atoms with Gasteiger partial charge in [-0.25, -0.2) is 5.43 Å². The van der Waals surface area contributed by atoms with Crippen LogP contribution in [0.3, 0.4) is 0 Å². The first-order chi connectivity index (χ1) is 15.9. The summed E-state index contributed by atoms with van der Waals surface area (Å²) in [6.45, 7) is 10.4. The molecule has 0 aliphatic heterocycles. The van der Waals surface area contributed by atoms with Crippen LogP contribution in [0.25, 0.3) is 11.4 Å². The lowest BCUT2D eigenvalue weighted by atomic mass is 10.1. The number of aromatic nitrogens is 2. The van der Waals surface area contributed by atoms with E-state index in [1.807, 2.05) is 18.2 Å². The Bertz CT molecular complexity index is 1300. The molecule has 168 valence electrons. The standard InChI is InChI=1S/C28H30N4O/c1-6-23-12-14-26(15-13-23)32-21(4)16-25(22(32)5)18-29-30-28(33)24-8-7-9-27(17-24)31-19(2)10-11-20(31)3/h7-18H,6H2,1-5H3,(H,30,33)/b29-18-. The lowest BCUT2D eigenvalue weighted by Gasteiger charge is -2.11. The monoisotopic (exact) mass is 438 g/mol. The number of nitrogens with one attached hydrogen (secondary N) is 1. The van der Waals surface area contributed by atoms with Gasteiger partial charge in [-0.2, -0.15) is 5.10 Å². The van der Waals surface area contributed by atoms with Crippen molar-refractivity contribution in [3.8, 4) is 11.4 Å². The molecule has 33 heavy (non-hydrogen) atoms. The lowest BCUT2D eigenvalue weighted by Crippen LogP contribution is -2.18. The van der Waals surface area contributed by atoms with E-state index in [-0.39, 0.29) is 5.91 Å². The van der Waals surface area contributed by atoms with Crippen LogP contribution in [0, 0.1) is 27.7 Å². The summed E-state index contributed by atoms with van der Waals surface area (Å²) in [5, 5.41) is 4.24. The van der Waals surface area contributed by atoms with Crippen LogP contribution < -0.4 is 5.43 Å². The summed E-state index contributed by atoms with van der Waals surface area (Å²) in [4.78, 5) is 12.7. The molecule has 4 rings (SSSR count). The van der Waals surface area contributed by atoms with Gasteiger partial charge in [0.2, 0.25) is 0 Å². The molecule has 0 saturated heterocycles. The van der Waals surface area contributed by atoms with Crippen LogP contribution in [0.5, 0.6) is 0 Å². The van der Waals surface area contributed by atoms with Gasteiger partial charge < -0.3 is 9.13 Å². The smallest absolute Gasteiger partial charge is 0.271 e. The molecule has 0 radical (unpaired) electrons. The van der Waals surface area contributed by atoms with Crippen LogP contribution in [-0.2, 0) is 6.42 Å². The fourth-order valence-electron chi connectivity index (χ4n) is 4.28. The molecule has 0 aliphatic carbocycles. The van der Waals surface area contributed by atoms with Crippen LogP contribution in [0.2, 0.25) is 0 Å². The highest BCUT2D eigenvalue weighted by molar-refractivity contribution is 5.95. The van der Waals surface area contributed by atoms with E-state index in [0.717, 1.165) is 46.1 Å². The van der Waals surface area contributed by atoms with Gasteiger partial charge in [-0.3, -0.25) is 4.79 Å². The number of carbonyl (C=O) groups excluding carboxylic acids is 1. The molecule has 0 bridgehead atoms. The van der Waals surface area contributed by atoms with Crippen LogP contribution in [0.15, 0.2) is 71.8 Å². The largest absolute Gasteiger partial charge is 0.318 e. The number of nitrogens with zero attached hydrogens (tertiary/aromatic N) is 3. The van der Waals surface area contributed by atoms with E-state index >= 15 is 0 Å². The highest BCUT2D eigenvalue weighted by atomic mass is 16.2. The number of benzene rings is 2. The van der Waals surface area contributed by atoms with E-state index in [9.17, 15) is 4.79 Å². The fraction of sp³-hybridized carbons (Fsp3) is 0.214. The van der Waals surface area contributed by atoms with E-state index in [1.54, 1.807) is 12.3 Å². The van der Waals surface area contributed by atoms with Crippen molar-refractivity contribution in [2.45, 2.75) is 41.0 Å². The third-order valence-electron chi connectivity index (χ3n) is 6.08. The minimum atomic E-state index is -0.237. The SMILES string of the molecule is CCc1ccc(-n2c(C)cc(/C=N\NC(=O)c3cccc(-n4c(C)ccc4C)c3)c2C)cc1. The minimum absolute atomic E-state index is 0.237. The Kier molecular flexibility index (Phi) is 6.31. The van der Waals surface area contributed by atoms with Crippen molar-refractivity contribution in [2.75, 3.05) is 0 Å². The molecule has 1 N–H and O–H groups in total. The number of amides is 1. The molecular weight excluding hydrogens is 408 g/mol. The topological polar surface area (TPSA) is 51.3 Å². The van der Waals surface area contributed by atoms with Crippen molar-refractivity contribution < 1.29 is 4.79 Å². The van der Waals surface area contributed by atoms with Crippen molar-refractivity contribution in [1.82, 2.24) is 14.6 Å². The van der Waals surface area contributed by atoms with Gasteiger partial charge in [-0.15, -0.1) is 0 Å². The second-order valence-corrected chi connectivity index (χ2v) is 8.38. The van der Waals surface area contributed by atoms with Crippen LogP contribution in [-0.4, -0.2) is 21.3 Å². The number of rotatable bonds is 6. The molecule has 2 aromatic carbocycles. The molecule has 0 saturated carbocycles. The minimum Gasteiger partial charge on any atom is -0.318 e.